The van der Waals surface area contributed by atoms with Crippen molar-refractivity contribution in [1.29, 1.82) is 0 Å². The van der Waals surface area contributed by atoms with Crippen molar-refractivity contribution in [2.75, 3.05) is 36.8 Å². The summed E-state index contributed by atoms with van der Waals surface area (Å²) >= 11 is 0. The molecule has 0 aromatic heterocycles. The lowest BCUT2D eigenvalue weighted by Crippen LogP contribution is -2.42. The molecule has 1 aliphatic carbocycles. The predicted molar refractivity (Wildman–Crippen MR) is 142 cm³/mol. The third-order valence-electron chi connectivity index (χ3n) is 7.07. The number of amides is 2. The van der Waals surface area contributed by atoms with Crippen LogP contribution in [-0.2, 0) is 9.59 Å². The van der Waals surface area contributed by atoms with Gasteiger partial charge in [-0.2, -0.15) is 0 Å². The molecule has 8 nitrogen and oxygen atoms in total. The SMILES string of the molecule is CCN(CC)C(C)C(=O)Nc1ccc(NC(=O)C(C)N(CC)CC)c2c1C(=O)c1ccccc1C2=O. The summed E-state index contributed by atoms with van der Waals surface area (Å²) in [7, 11) is 0. The molecule has 0 radical (unpaired) electrons. The van der Waals surface area contributed by atoms with Gasteiger partial charge in [-0.15, -0.1) is 0 Å². The van der Waals surface area contributed by atoms with Gasteiger partial charge in [-0.3, -0.25) is 29.0 Å². The molecule has 0 aliphatic heterocycles. The van der Waals surface area contributed by atoms with E-state index in [1.807, 2.05) is 37.5 Å². The summed E-state index contributed by atoms with van der Waals surface area (Å²) in [6.45, 7) is 14.3. The lowest BCUT2D eigenvalue weighted by Gasteiger charge is -2.28. The van der Waals surface area contributed by atoms with Gasteiger partial charge < -0.3 is 10.6 Å². The molecule has 2 aromatic carbocycles. The van der Waals surface area contributed by atoms with Gasteiger partial charge in [0.1, 0.15) is 0 Å². The molecule has 2 N–H and O–H groups in total. The van der Waals surface area contributed by atoms with Gasteiger partial charge in [0.15, 0.2) is 11.6 Å². The maximum Gasteiger partial charge on any atom is 0.241 e. The zero-order valence-corrected chi connectivity index (χ0v) is 22.0. The largest absolute Gasteiger partial charge is 0.324 e. The minimum atomic E-state index is -0.424. The Morgan fingerprint density at radius 1 is 0.667 bits per heavy atom. The predicted octanol–water partition coefficient (Wildman–Crippen LogP) is 3.80. The molecular weight excluding hydrogens is 456 g/mol. The molecule has 0 heterocycles. The van der Waals surface area contributed by atoms with Crippen LogP contribution in [0.5, 0.6) is 0 Å². The Balaban J connectivity index is 2.08. The number of anilines is 2. The summed E-state index contributed by atoms with van der Waals surface area (Å²) in [5.74, 6) is -1.27. The molecule has 36 heavy (non-hydrogen) atoms. The Morgan fingerprint density at radius 2 is 1.00 bits per heavy atom. The van der Waals surface area contributed by atoms with E-state index in [-0.39, 0.29) is 57.0 Å². The van der Waals surface area contributed by atoms with Crippen LogP contribution in [0.15, 0.2) is 36.4 Å². The number of nitrogens with one attached hydrogen (secondary N) is 2. The van der Waals surface area contributed by atoms with Crippen molar-refractivity contribution in [1.82, 2.24) is 9.80 Å². The van der Waals surface area contributed by atoms with Crippen LogP contribution in [0, 0.1) is 0 Å². The fourth-order valence-corrected chi connectivity index (χ4v) is 4.78. The van der Waals surface area contributed by atoms with E-state index in [4.69, 9.17) is 0 Å². The Hall–Kier alpha value is -3.36. The third kappa shape index (κ3) is 5.10. The van der Waals surface area contributed by atoms with Crippen molar-refractivity contribution in [3.8, 4) is 0 Å². The van der Waals surface area contributed by atoms with Crippen molar-refractivity contribution in [2.45, 2.75) is 53.6 Å². The number of fused-ring (bicyclic) bond motifs is 2. The van der Waals surface area contributed by atoms with E-state index in [1.165, 1.54) is 0 Å². The van der Waals surface area contributed by atoms with Crippen LogP contribution in [0.3, 0.4) is 0 Å². The Labute approximate surface area is 213 Å². The van der Waals surface area contributed by atoms with Crippen molar-refractivity contribution in [3.05, 3.63) is 58.7 Å². The van der Waals surface area contributed by atoms with Gasteiger partial charge >= 0.3 is 0 Å². The second-order valence-corrected chi connectivity index (χ2v) is 8.89. The summed E-state index contributed by atoms with van der Waals surface area (Å²) in [5.41, 5.74) is 1.29. The van der Waals surface area contributed by atoms with Crippen LogP contribution < -0.4 is 10.6 Å². The molecule has 1 aliphatic rings. The molecule has 0 saturated carbocycles. The summed E-state index contributed by atoms with van der Waals surface area (Å²) in [5, 5.41) is 5.73. The van der Waals surface area contributed by atoms with Gasteiger partial charge in [-0.05, 0) is 52.2 Å². The smallest absolute Gasteiger partial charge is 0.241 e. The number of likely N-dealkylation sites (N-methyl/N-ethyl adjacent to an activating group) is 2. The molecule has 0 spiro atoms. The maximum atomic E-state index is 13.6. The zero-order valence-electron chi connectivity index (χ0n) is 22.0. The van der Waals surface area contributed by atoms with E-state index >= 15 is 0 Å². The fraction of sp³-hybridized carbons (Fsp3) is 0.429. The highest BCUT2D eigenvalue weighted by atomic mass is 16.2. The Bertz CT molecular complexity index is 1080. The quantitative estimate of drug-likeness (QED) is 0.447. The van der Waals surface area contributed by atoms with Crippen LogP contribution in [0.4, 0.5) is 11.4 Å². The molecule has 0 bridgehead atoms. The number of hydrogen-bond donors (Lipinski definition) is 2. The molecular formula is C28H36N4O4. The molecule has 2 aromatic rings. The molecule has 0 saturated heterocycles. The van der Waals surface area contributed by atoms with E-state index in [2.05, 4.69) is 10.6 Å². The summed E-state index contributed by atoms with van der Waals surface area (Å²) in [6.07, 6.45) is 0. The number of nitrogens with zero attached hydrogens (tertiary/aromatic N) is 2. The van der Waals surface area contributed by atoms with Gasteiger partial charge in [0.05, 0.1) is 34.6 Å². The standard InChI is InChI=1S/C28H36N4O4/c1-7-31(8-2)17(5)27(35)29-21-15-16-22(30-28(36)18(6)32(9-3)10-4)24-23(21)25(33)19-13-11-12-14-20(19)26(24)34/h11-18H,7-10H2,1-6H3,(H,29,35)(H,30,36). The van der Waals surface area contributed by atoms with Crippen molar-refractivity contribution < 1.29 is 19.2 Å². The number of carbonyl (C=O) groups excluding carboxylic acids is 4. The maximum absolute atomic E-state index is 13.6. The highest BCUT2D eigenvalue weighted by Gasteiger charge is 2.35. The van der Waals surface area contributed by atoms with E-state index in [1.54, 1.807) is 50.2 Å². The van der Waals surface area contributed by atoms with Crippen molar-refractivity contribution in [2.24, 2.45) is 0 Å². The van der Waals surface area contributed by atoms with E-state index in [0.717, 1.165) is 0 Å². The Kier molecular flexibility index (Phi) is 8.76. The molecule has 0 fully saturated rings. The first kappa shape index (κ1) is 27.2. The van der Waals surface area contributed by atoms with Crippen LogP contribution in [0.1, 0.15) is 73.4 Å². The number of rotatable bonds is 10. The number of carbonyl (C=O) groups is 4. The minimum Gasteiger partial charge on any atom is -0.324 e. The topological polar surface area (TPSA) is 98.8 Å². The molecule has 2 amide bonds. The Morgan fingerprint density at radius 3 is 1.31 bits per heavy atom. The minimum absolute atomic E-state index is 0.104. The molecule has 2 atom stereocenters. The lowest BCUT2D eigenvalue weighted by atomic mass is 9.82. The van der Waals surface area contributed by atoms with E-state index < -0.39 is 12.1 Å². The highest BCUT2D eigenvalue weighted by Crippen LogP contribution is 2.36. The zero-order chi connectivity index (χ0) is 26.6. The molecule has 8 heteroatoms. The first-order valence-electron chi connectivity index (χ1n) is 12.6. The first-order chi connectivity index (χ1) is 17.2. The monoisotopic (exact) mass is 492 g/mol. The second-order valence-electron chi connectivity index (χ2n) is 8.89. The summed E-state index contributed by atoms with van der Waals surface area (Å²) < 4.78 is 0. The summed E-state index contributed by atoms with van der Waals surface area (Å²) in [4.78, 5) is 57.3. The molecule has 2 unspecified atom stereocenters. The van der Waals surface area contributed by atoms with Crippen LogP contribution in [-0.4, -0.2) is 71.4 Å². The third-order valence-corrected chi connectivity index (χ3v) is 7.07. The molecule has 3 rings (SSSR count). The highest BCUT2D eigenvalue weighted by molar-refractivity contribution is 6.32. The average molecular weight is 493 g/mol. The van der Waals surface area contributed by atoms with Gasteiger partial charge in [0.2, 0.25) is 11.8 Å². The van der Waals surface area contributed by atoms with Crippen molar-refractivity contribution >= 4 is 34.8 Å². The van der Waals surface area contributed by atoms with Gasteiger partial charge in [0.25, 0.3) is 0 Å². The number of hydrogen-bond acceptors (Lipinski definition) is 6. The van der Waals surface area contributed by atoms with Crippen LogP contribution in [0.2, 0.25) is 0 Å². The number of ketones is 2. The summed E-state index contributed by atoms with van der Waals surface area (Å²) in [6, 6.07) is 8.94. The second kappa shape index (κ2) is 11.6. The van der Waals surface area contributed by atoms with Crippen molar-refractivity contribution in [3.63, 3.8) is 0 Å². The van der Waals surface area contributed by atoms with Crippen LogP contribution in [0.25, 0.3) is 0 Å². The number of benzene rings is 2. The van der Waals surface area contributed by atoms with Crippen LogP contribution >= 0.6 is 0 Å². The van der Waals surface area contributed by atoms with Gasteiger partial charge in [0, 0.05) is 11.1 Å². The first-order valence-corrected chi connectivity index (χ1v) is 12.6. The van der Waals surface area contributed by atoms with Gasteiger partial charge in [-0.25, -0.2) is 0 Å². The lowest BCUT2D eigenvalue weighted by molar-refractivity contribution is -0.121. The van der Waals surface area contributed by atoms with E-state index in [0.29, 0.717) is 26.2 Å². The normalized spacial score (nSPS) is 14.3. The fourth-order valence-electron chi connectivity index (χ4n) is 4.78. The molecule has 192 valence electrons. The average Bonchev–Trinajstić information content (AvgIpc) is 2.89. The van der Waals surface area contributed by atoms with E-state index in [9.17, 15) is 19.2 Å². The van der Waals surface area contributed by atoms with Gasteiger partial charge in [-0.1, -0.05) is 52.0 Å².